The minimum absolute atomic E-state index is 0.215. The van der Waals surface area contributed by atoms with E-state index in [9.17, 15) is 4.79 Å². The number of carbonyl (C=O) groups is 1. The molecule has 0 radical (unpaired) electrons. The summed E-state index contributed by atoms with van der Waals surface area (Å²) in [5, 5.41) is 1.98. The molecule has 1 aromatic heterocycles. The number of amides is 1. The summed E-state index contributed by atoms with van der Waals surface area (Å²) in [4.78, 5) is 17.8. The number of carbonyl (C=O) groups excluding carboxylic acids is 1. The van der Waals surface area contributed by atoms with Crippen LogP contribution in [0.25, 0.3) is 0 Å². The normalized spacial score (nSPS) is 32.0. The van der Waals surface area contributed by atoms with Crippen molar-refractivity contribution >= 4 is 17.2 Å². The van der Waals surface area contributed by atoms with Gasteiger partial charge in [-0.1, -0.05) is 18.2 Å². The van der Waals surface area contributed by atoms with E-state index in [1.54, 1.807) is 11.3 Å². The first-order valence-electron chi connectivity index (χ1n) is 8.03. The first-order chi connectivity index (χ1) is 10.3. The number of fused-ring (bicyclic) bond motifs is 2. The van der Waals surface area contributed by atoms with E-state index < -0.39 is 0 Å². The van der Waals surface area contributed by atoms with E-state index in [4.69, 9.17) is 0 Å². The van der Waals surface area contributed by atoms with E-state index in [1.165, 1.54) is 19.4 Å². The summed E-state index contributed by atoms with van der Waals surface area (Å²) in [5.74, 6) is 2.77. The van der Waals surface area contributed by atoms with Crippen molar-refractivity contribution in [2.24, 2.45) is 17.8 Å². The van der Waals surface area contributed by atoms with Crippen molar-refractivity contribution in [1.29, 1.82) is 0 Å². The van der Waals surface area contributed by atoms with Gasteiger partial charge in [0.25, 0.3) is 5.91 Å². The summed E-state index contributed by atoms with van der Waals surface area (Å²) in [5.41, 5.74) is 0. The van der Waals surface area contributed by atoms with Crippen LogP contribution in [0.3, 0.4) is 0 Å². The topological polar surface area (TPSA) is 23.6 Å². The summed E-state index contributed by atoms with van der Waals surface area (Å²) in [7, 11) is 0. The highest BCUT2D eigenvalue weighted by molar-refractivity contribution is 7.12. The van der Waals surface area contributed by atoms with Crippen LogP contribution in [-0.2, 0) is 0 Å². The van der Waals surface area contributed by atoms with Gasteiger partial charge in [0.1, 0.15) is 0 Å². The van der Waals surface area contributed by atoms with Crippen LogP contribution in [0.15, 0.2) is 29.7 Å². The van der Waals surface area contributed by atoms with Gasteiger partial charge in [-0.3, -0.25) is 9.69 Å². The van der Waals surface area contributed by atoms with E-state index in [1.807, 2.05) is 22.4 Å². The fourth-order valence-electron chi connectivity index (χ4n) is 4.13. The molecule has 2 fully saturated rings. The molecular weight excluding hydrogens is 280 g/mol. The van der Waals surface area contributed by atoms with E-state index in [-0.39, 0.29) is 5.91 Å². The maximum atomic E-state index is 12.3. The molecule has 112 valence electrons. The third-order valence-electron chi connectivity index (χ3n) is 5.30. The first-order valence-corrected chi connectivity index (χ1v) is 8.91. The second-order valence-corrected chi connectivity index (χ2v) is 7.56. The largest absolute Gasteiger partial charge is 0.335 e. The Hall–Kier alpha value is -1.13. The lowest BCUT2D eigenvalue weighted by atomic mass is 9.93. The van der Waals surface area contributed by atoms with Crippen molar-refractivity contribution < 1.29 is 4.79 Å². The molecule has 2 aliphatic carbocycles. The number of piperazine rings is 1. The molecule has 0 N–H and O–H groups in total. The van der Waals surface area contributed by atoms with Gasteiger partial charge in [0.05, 0.1) is 4.88 Å². The Balaban J connectivity index is 1.29. The third kappa shape index (κ3) is 2.67. The highest BCUT2D eigenvalue weighted by atomic mass is 32.1. The lowest BCUT2D eigenvalue weighted by molar-refractivity contribution is 0.0615. The van der Waals surface area contributed by atoms with Gasteiger partial charge in [0.15, 0.2) is 0 Å². The Morgan fingerprint density at radius 1 is 1.19 bits per heavy atom. The van der Waals surface area contributed by atoms with Crippen molar-refractivity contribution in [2.45, 2.75) is 12.8 Å². The molecule has 1 saturated carbocycles. The number of hydrogen-bond donors (Lipinski definition) is 0. The van der Waals surface area contributed by atoms with Crippen molar-refractivity contribution in [3.05, 3.63) is 34.5 Å². The quantitative estimate of drug-likeness (QED) is 0.802. The average molecular weight is 302 g/mol. The van der Waals surface area contributed by atoms with Crippen LogP contribution in [-0.4, -0.2) is 48.4 Å². The standard InChI is InChI=1S/C17H22N2OS/c20-17(16-2-1-9-21-16)19-7-5-18(6-8-19)12-15-11-13-3-4-14(15)10-13/h1-4,9,13-15H,5-8,10-12H2. The van der Waals surface area contributed by atoms with Crippen LogP contribution in [0.5, 0.6) is 0 Å². The third-order valence-corrected chi connectivity index (χ3v) is 6.16. The fourth-order valence-corrected chi connectivity index (χ4v) is 4.82. The van der Waals surface area contributed by atoms with Crippen molar-refractivity contribution in [3.63, 3.8) is 0 Å². The maximum absolute atomic E-state index is 12.3. The zero-order valence-corrected chi connectivity index (χ0v) is 13.1. The number of thiophene rings is 1. The van der Waals surface area contributed by atoms with Gasteiger partial charge in [-0.2, -0.15) is 0 Å². The van der Waals surface area contributed by atoms with Gasteiger partial charge in [-0.15, -0.1) is 11.3 Å². The van der Waals surface area contributed by atoms with Crippen molar-refractivity contribution in [1.82, 2.24) is 9.80 Å². The molecule has 3 atom stereocenters. The first kappa shape index (κ1) is 13.5. The minimum Gasteiger partial charge on any atom is -0.335 e. The van der Waals surface area contributed by atoms with Crippen LogP contribution >= 0.6 is 11.3 Å². The molecule has 2 heterocycles. The van der Waals surface area contributed by atoms with E-state index in [0.29, 0.717) is 0 Å². The molecule has 0 aromatic carbocycles. The smallest absolute Gasteiger partial charge is 0.264 e. The van der Waals surface area contributed by atoms with Crippen LogP contribution in [0.2, 0.25) is 0 Å². The molecule has 1 saturated heterocycles. The second kappa shape index (κ2) is 5.58. The van der Waals surface area contributed by atoms with Gasteiger partial charge in [0, 0.05) is 32.7 Å². The van der Waals surface area contributed by atoms with E-state index >= 15 is 0 Å². The lowest BCUT2D eigenvalue weighted by Gasteiger charge is -2.36. The molecule has 0 spiro atoms. The van der Waals surface area contributed by atoms with Gasteiger partial charge < -0.3 is 4.90 Å². The van der Waals surface area contributed by atoms with E-state index in [2.05, 4.69) is 17.1 Å². The predicted octanol–water partition coefficient (Wildman–Crippen LogP) is 2.72. The van der Waals surface area contributed by atoms with Crippen molar-refractivity contribution in [3.8, 4) is 0 Å². The lowest BCUT2D eigenvalue weighted by Crippen LogP contribution is -2.49. The molecule has 3 aliphatic rings. The Morgan fingerprint density at radius 3 is 2.67 bits per heavy atom. The SMILES string of the molecule is O=C(c1cccs1)N1CCN(CC2CC3C=CC2C3)CC1. The number of rotatable bonds is 3. The van der Waals surface area contributed by atoms with Crippen LogP contribution < -0.4 is 0 Å². The molecule has 1 aliphatic heterocycles. The van der Waals surface area contributed by atoms with E-state index in [0.717, 1.165) is 48.8 Å². The van der Waals surface area contributed by atoms with Crippen LogP contribution in [0, 0.1) is 17.8 Å². The van der Waals surface area contributed by atoms with Gasteiger partial charge >= 0.3 is 0 Å². The number of allylic oxidation sites excluding steroid dienone is 2. The summed E-state index contributed by atoms with van der Waals surface area (Å²) < 4.78 is 0. The molecule has 4 heteroatoms. The van der Waals surface area contributed by atoms with Gasteiger partial charge in [0.2, 0.25) is 0 Å². The fraction of sp³-hybridized carbons (Fsp3) is 0.588. The highest BCUT2D eigenvalue weighted by Crippen LogP contribution is 2.43. The Morgan fingerprint density at radius 2 is 2.05 bits per heavy atom. The summed E-state index contributed by atoms with van der Waals surface area (Å²) in [6.07, 6.45) is 7.63. The Labute approximate surface area is 130 Å². The van der Waals surface area contributed by atoms with Crippen LogP contribution in [0.4, 0.5) is 0 Å². The zero-order chi connectivity index (χ0) is 14.2. The molecule has 1 amide bonds. The number of nitrogens with zero attached hydrogens (tertiary/aromatic N) is 2. The maximum Gasteiger partial charge on any atom is 0.264 e. The predicted molar refractivity (Wildman–Crippen MR) is 85.5 cm³/mol. The molecule has 1 aromatic rings. The molecule has 3 unspecified atom stereocenters. The second-order valence-electron chi connectivity index (χ2n) is 6.61. The molecular formula is C17H22N2OS. The van der Waals surface area contributed by atoms with Gasteiger partial charge in [-0.05, 0) is 42.0 Å². The monoisotopic (exact) mass is 302 g/mol. The number of hydrogen-bond acceptors (Lipinski definition) is 3. The van der Waals surface area contributed by atoms with Gasteiger partial charge in [-0.25, -0.2) is 0 Å². The highest BCUT2D eigenvalue weighted by Gasteiger charge is 2.36. The average Bonchev–Trinajstić information content (AvgIpc) is 3.25. The molecule has 4 rings (SSSR count). The summed E-state index contributed by atoms with van der Waals surface area (Å²) in [6, 6.07) is 3.89. The summed E-state index contributed by atoms with van der Waals surface area (Å²) in [6.45, 7) is 5.07. The minimum atomic E-state index is 0.215. The Kier molecular flexibility index (Phi) is 3.59. The van der Waals surface area contributed by atoms with Crippen LogP contribution in [0.1, 0.15) is 22.5 Å². The molecule has 2 bridgehead atoms. The van der Waals surface area contributed by atoms with Crippen molar-refractivity contribution in [2.75, 3.05) is 32.7 Å². The Bertz CT molecular complexity index is 531. The summed E-state index contributed by atoms with van der Waals surface area (Å²) >= 11 is 1.55. The molecule has 3 nitrogen and oxygen atoms in total. The zero-order valence-electron chi connectivity index (χ0n) is 12.3. The molecule has 21 heavy (non-hydrogen) atoms.